The van der Waals surface area contributed by atoms with E-state index in [1.165, 1.54) is 0 Å². The lowest BCUT2D eigenvalue weighted by molar-refractivity contribution is -0.115. The SMILES string of the molecule is CC1(C=O)CCS(=N)(=O)CC1. The molecular weight excluding hydrogens is 162 g/mol. The largest absolute Gasteiger partial charge is 0.303 e. The van der Waals surface area contributed by atoms with Gasteiger partial charge in [0.1, 0.15) is 6.29 Å². The summed E-state index contributed by atoms with van der Waals surface area (Å²) < 4.78 is 18.5. The molecule has 0 aromatic carbocycles. The van der Waals surface area contributed by atoms with Crippen molar-refractivity contribution in [2.45, 2.75) is 19.8 Å². The zero-order valence-corrected chi connectivity index (χ0v) is 7.45. The highest BCUT2D eigenvalue weighted by molar-refractivity contribution is 7.92. The van der Waals surface area contributed by atoms with Crippen LogP contribution < -0.4 is 0 Å². The molecule has 3 nitrogen and oxygen atoms in total. The number of hydrogen-bond acceptors (Lipinski definition) is 3. The summed E-state index contributed by atoms with van der Waals surface area (Å²) in [6.45, 7) is 1.87. The summed E-state index contributed by atoms with van der Waals surface area (Å²) in [5.41, 5.74) is -0.304. The number of carbonyl (C=O) groups excluding carboxylic acids is 1. The first-order valence-electron chi connectivity index (χ1n) is 3.68. The summed E-state index contributed by atoms with van der Waals surface area (Å²) in [5, 5.41) is 0. The lowest BCUT2D eigenvalue weighted by Crippen LogP contribution is -2.31. The monoisotopic (exact) mass is 175 g/mol. The van der Waals surface area contributed by atoms with Gasteiger partial charge in [-0.2, -0.15) is 0 Å². The van der Waals surface area contributed by atoms with E-state index in [0.29, 0.717) is 24.3 Å². The van der Waals surface area contributed by atoms with Crippen molar-refractivity contribution in [3.63, 3.8) is 0 Å². The molecule has 0 atom stereocenters. The van der Waals surface area contributed by atoms with Crippen LogP contribution in [0.1, 0.15) is 19.8 Å². The van der Waals surface area contributed by atoms with Gasteiger partial charge in [-0.3, -0.25) is 4.78 Å². The van der Waals surface area contributed by atoms with Gasteiger partial charge in [0.05, 0.1) is 0 Å². The van der Waals surface area contributed by atoms with Gasteiger partial charge in [-0.05, 0) is 12.8 Å². The molecule has 0 aromatic rings. The summed E-state index contributed by atoms with van der Waals surface area (Å²) >= 11 is 0. The van der Waals surface area contributed by atoms with Crippen molar-refractivity contribution in [3.05, 3.63) is 0 Å². The van der Waals surface area contributed by atoms with Crippen LogP contribution >= 0.6 is 0 Å². The maximum atomic E-state index is 11.2. The van der Waals surface area contributed by atoms with Gasteiger partial charge >= 0.3 is 0 Å². The van der Waals surface area contributed by atoms with Crippen molar-refractivity contribution in [2.24, 2.45) is 5.41 Å². The molecule has 11 heavy (non-hydrogen) atoms. The van der Waals surface area contributed by atoms with Crippen LogP contribution in [0.3, 0.4) is 0 Å². The molecule has 1 aliphatic rings. The molecule has 1 heterocycles. The molecule has 0 spiro atoms. The Kier molecular flexibility index (Phi) is 2.05. The molecule has 0 unspecified atom stereocenters. The minimum atomic E-state index is -2.32. The van der Waals surface area contributed by atoms with E-state index in [1.54, 1.807) is 0 Å². The number of carbonyl (C=O) groups is 1. The maximum absolute atomic E-state index is 11.2. The minimum Gasteiger partial charge on any atom is -0.303 e. The fraction of sp³-hybridized carbons (Fsp3) is 0.857. The summed E-state index contributed by atoms with van der Waals surface area (Å²) in [6.07, 6.45) is 2.15. The minimum absolute atomic E-state index is 0.304. The Morgan fingerprint density at radius 2 is 1.91 bits per heavy atom. The molecule has 0 saturated carbocycles. The standard InChI is InChI=1S/C7H13NO2S/c1-7(6-9)2-4-11(8,10)5-3-7/h6,8H,2-5H2,1H3. The molecule has 64 valence electrons. The molecule has 0 bridgehead atoms. The first-order chi connectivity index (χ1) is 4.97. The van der Waals surface area contributed by atoms with E-state index in [2.05, 4.69) is 0 Å². The quantitative estimate of drug-likeness (QED) is 0.605. The highest BCUT2D eigenvalue weighted by Crippen LogP contribution is 2.29. The van der Waals surface area contributed by atoms with Crippen molar-refractivity contribution in [1.82, 2.24) is 0 Å². The third kappa shape index (κ3) is 2.02. The van der Waals surface area contributed by atoms with E-state index < -0.39 is 9.73 Å². The highest BCUT2D eigenvalue weighted by Gasteiger charge is 2.30. The molecular formula is C7H13NO2S. The molecule has 1 rings (SSSR count). The van der Waals surface area contributed by atoms with Crippen molar-refractivity contribution in [1.29, 1.82) is 4.78 Å². The third-order valence-corrected chi connectivity index (χ3v) is 4.02. The van der Waals surface area contributed by atoms with Crippen LogP contribution in [0, 0.1) is 10.2 Å². The Balaban J connectivity index is 2.69. The third-order valence-electron chi connectivity index (χ3n) is 2.29. The Morgan fingerprint density at radius 1 is 1.45 bits per heavy atom. The van der Waals surface area contributed by atoms with Gasteiger partial charge in [-0.15, -0.1) is 0 Å². The molecule has 0 radical (unpaired) electrons. The Labute approximate surface area is 67.2 Å². The van der Waals surface area contributed by atoms with E-state index in [0.717, 1.165) is 6.29 Å². The average Bonchev–Trinajstić information content (AvgIpc) is 1.97. The first-order valence-corrected chi connectivity index (χ1v) is 5.58. The van der Waals surface area contributed by atoms with Crippen molar-refractivity contribution in [2.75, 3.05) is 11.5 Å². The second-order valence-electron chi connectivity index (χ2n) is 3.49. The fourth-order valence-electron chi connectivity index (χ4n) is 1.14. The normalized spacial score (nSPS) is 45.2. The van der Waals surface area contributed by atoms with Gasteiger partial charge in [-0.25, -0.2) is 4.21 Å². The molecule has 1 N–H and O–H groups in total. The van der Waals surface area contributed by atoms with Crippen LogP contribution in [0.5, 0.6) is 0 Å². The number of nitrogens with one attached hydrogen (secondary N) is 1. The smallest absolute Gasteiger partial charge is 0.125 e. The molecule has 1 fully saturated rings. The summed E-state index contributed by atoms with van der Waals surface area (Å²) in [4.78, 5) is 10.5. The maximum Gasteiger partial charge on any atom is 0.125 e. The topological polar surface area (TPSA) is 58.0 Å². The number of aldehydes is 1. The van der Waals surface area contributed by atoms with Crippen molar-refractivity contribution in [3.8, 4) is 0 Å². The van der Waals surface area contributed by atoms with Gasteiger partial charge in [0, 0.05) is 26.6 Å². The second-order valence-corrected chi connectivity index (χ2v) is 5.93. The van der Waals surface area contributed by atoms with E-state index >= 15 is 0 Å². The predicted octanol–water partition coefficient (Wildman–Crippen LogP) is 1.03. The van der Waals surface area contributed by atoms with Crippen LogP contribution in [-0.4, -0.2) is 22.0 Å². The van der Waals surface area contributed by atoms with E-state index in [9.17, 15) is 9.00 Å². The summed E-state index contributed by atoms with van der Waals surface area (Å²) in [5.74, 6) is 0.782. The van der Waals surface area contributed by atoms with Crippen LogP contribution in [0.2, 0.25) is 0 Å². The van der Waals surface area contributed by atoms with E-state index in [1.807, 2.05) is 6.92 Å². The molecule has 1 saturated heterocycles. The van der Waals surface area contributed by atoms with Crippen LogP contribution in [0.25, 0.3) is 0 Å². The Morgan fingerprint density at radius 3 is 2.27 bits per heavy atom. The highest BCUT2D eigenvalue weighted by atomic mass is 32.2. The molecule has 4 heteroatoms. The lowest BCUT2D eigenvalue weighted by Gasteiger charge is -2.28. The first kappa shape index (κ1) is 8.71. The van der Waals surface area contributed by atoms with Gasteiger partial charge in [0.2, 0.25) is 0 Å². The van der Waals surface area contributed by atoms with Crippen molar-refractivity contribution >= 4 is 16.0 Å². The van der Waals surface area contributed by atoms with Crippen LogP contribution in [0.4, 0.5) is 0 Å². The fourth-order valence-corrected chi connectivity index (χ4v) is 2.94. The zero-order chi connectivity index (χ0) is 8.54. The number of rotatable bonds is 1. The van der Waals surface area contributed by atoms with E-state index in [4.69, 9.17) is 4.78 Å². The molecule has 0 aromatic heterocycles. The Bertz CT molecular complexity index is 242. The second kappa shape index (κ2) is 2.59. The average molecular weight is 175 g/mol. The number of hydrogen-bond donors (Lipinski definition) is 1. The zero-order valence-electron chi connectivity index (χ0n) is 6.63. The lowest BCUT2D eigenvalue weighted by atomic mass is 9.86. The van der Waals surface area contributed by atoms with Crippen LogP contribution in [0.15, 0.2) is 0 Å². The van der Waals surface area contributed by atoms with Crippen LogP contribution in [-0.2, 0) is 14.5 Å². The van der Waals surface area contributed by atoms with Crippen molar-refractivity contribution < 1.29 is 9.00 Å². The molecule has 0 aliphatic carbocycles. The summed E-state index contributed by atoms with van der Waals surface area (Å²) in [7, 11) is -2.32. The molecule has 1 aliphatic heterocycles. The van der Waals surface area contributed by atoms with Gasteiger partial charge < -0.3 is 4.79 Å². The van der Waals surface area contributed by atoms with Gasteiger partial charge in [0.15, 0.2) is 0 Å². The predicted molar refractivity (Wildman–Crippen MR) is 44.0 cm³/mol. The summed E-state index contributed by atoms with van der Waals surface area (Å²) in [6, 6.07) is 0. The van der Waals surface area contributed by atoms with Gasteiger partial charge in [0.25, 0.3) is 0 Å². The molecule has 0 amide bonds. The Hall–Kier alpha value is -0.380. The van der Waals surface area contributed by atoms with Gasteiger partial charge in [-0.1, -0.05) is 6.92 Å². The van der Waals surface area contributed by atoms with E-state index in [-0.39, 0.29) is 5.41 Å².